The van der Waals surface area contributed by atoms with Gasteiger partial charge in [0.1, 0.15) is 6.61 Å². The SMILES string of the molecule is COc1cc(C2Nc3ccccc3NC3=C2C(=O)CC(c2ccc(Cl)cc2)C3)ccc1OCc1ccccc1. The summed E-state index contributed by atoms with van der Waals surface area (Å²) in [7, 11) is 1.64. The van der Waals surface area contributed by atoms with Gasteiger partial charge >= 0.3 is 0 Å². The molecule has 5 nitrogen and oxygen atoms in total. The van der Waals surface area contributed by atoms with E-state index in [-0.39, 0.29) is 17.7 Å². The van der Waals surface area contributed by atoms with Gasteiger partial charge in [0.2, 0.25) is 0 Å². The van der Waals surface area contributed by atoms with Gasteiger partial charge in [-0.2, -0.15) is 0 Å². The second-order valence-corrected chi connectivity index (χ2v) is 10.3. The molecule has 0 spiro atoms. The predicted molar refractivity (Wildman–Crippen MR) is 156 cm³/mol. The van der Waals surface area contributed by atoms with E-state index < -0.39 is 0 Å². The maximum Gasteiger partial charge on any atom is 0.163 e. The predicted octanol–water partition coefficient (Wildman–Crippen LogP) is 7.91. The van der Waals surface area contributed by atoms with Crippen molar-refractivity contribution in [2.45, 2.75) is 31.4 Å². The molecule has 0 saturated carbocycles. The van der Waals surface area contributed by atoms with Gasteiger partial charge in [-0.25, -0.2) is 0 Å². The fourth-order valence-corrected chi connectivity index (χ4v) is 5.56. The van der Waals surface area contributed by atoms with Crippen LogP contribution in [0.15, 0.2) is 108 Å². The second kappa shape index (κ2) is 10.9. The lowest BCUT2D eigenvalue weighted by molar-refractivity contribution is -0.116. The molecule has 0 fully saturated rings. The highest BCUT2D eigenvalue weighted by atomic mass is 35.5. The molecular weight excluding hydrogens is 508 g/mol. The number of ether oxygens (including phenoxy) is 2. The third-order valence-electron chi connectivity index (χ3n) is 7.41. The molecular formula is C33H29ClN2O3. The van der Waals surface area contributed by atoms with Crippen molar-refractivity contribution in [2.24, 2.45) is 0 Å². The van der Waals surface area contributed by atoms with Crippen LogP contribution in [0.1, 0.15) is 41.5 Å². The minimum Gasteiger partial charge on any atom is -0.493 e. The zero-order valence-electron chi connectivity index (χ0n) is 21.6. The average molecular weight is 537 g/mol. The van der Waals surface area contributed by atoms with Gasteiger partial charge in [0.25, 0.3) is 0 Å². The van der Waals surface area contributed by atoms with Crippen molar-refractivity contribution in [1.29, 1.82) is 0 Å². The number of hydrogen-bond acceptors (Lipinski definition) is 5. The molecule has 6 rings (SSSR count). The Morgan fingerprint density at radius 1 is 0.821 bits per heavy atom. The van der Waals surface area contributed by atoms with E-state index in [2.05, 4.69) is 10.6 Å². The van der Waals surface area contributed by atoms with E-state index in [1.54, 1.807) is 7.11 Å². The zero-order chi connectivity index (χ0) is 26.8. The van der Waals surface area contributed by atoms with Crippen molar-refractivity contribution in [3.63, 3.8) is 0 Å². The molecule has 2 N–H and O–H groups in total. The number of para-hydroxylation sites is 2. The molecule has 1 aliphatic heterocycles. The van der Waals surface area contributed by atoms with Crippen LogP contribution < -0.4 is 20.1 Å². The maximum atomic E-state index is 13.8. The van der Waals surface area contributed by atoms with Crippen molar-refractivity contribution >= 4 is 28.8 Å². The number of halogens is 1. The van der Waals surface area contributed by atoms with Crippen LogP contribution in [0.5, 0.6) is 11.5 Å². The van der Waals surface area contributed by atoms with Crippen molar-refractivity contribution < 1.29 is 14.3 Å². The van der Waals surface area contributed by atoms with Crippen LogP contribution in [0.3, 0.4) is 0 Å². The smallest absolute Gasteiger partial charge is 0.163 e. The number of methoxy groups -OCH3 is 1. The van der Waals surface area contributed by atoms with Crippen LogP contribution in [-0.4, -0.2) is 12.9 Å². The first-order valence-corrected chi connectivity index (χ1v) is 13.5. The quantitative estimate of drug-likeness (QED) is 0.262. The number of anilines is 2. The van der Waals surface area contributed by atoms with Crippen molar-refractivity contribution in [3.8, 4) is 11.5 Å². The average Bonchev–Trinajstić information content (AvgIpc) is 3.14. The van der Waals surface area contributed by atoms with Crippen LogP contribution in [-0.2, 0) is 11.4 Å². The maximum absolute atomic E-state index is 13.8. The van der Waals surface area contributed by atoms with Gasteiger partial charge in [-0.3, -0.25) is 4.79 Å². The van der Waals surface area contributed by atoms with Gasteiger partial charge in [0.05, 0.1) is 24.5 Å². The highest BCUT2D eigenvalue weighted by Gasteiger charge is 2.36. The van der Waals surface area contributed by atoms with Crippen molar-refractivity contribution in [2.75, 3.05) is 17.7 Å². The van der Waals surface area contributed by atoms with Gasteiger partial charge in [-0.05, 0) is 65.4 Å². The summed E-state index contributed by atoms with van der Waals surface area (Å²) in [5.74, 6) is 1.48. The summed E-state index contributed by atoms with van der Waals surface area (Å²) < 4.78 is 11.8. The van der Waals surface area contributed by atoms with E-state index in [1.807, 2.05) is 97.1 Å². The minimum absolute atomic E-state index is 0.0789. The molecule has 2 unspecified atom stereocenters. The van der Waals surface area contributed by atoms with Crippen molar-refractivity contribution in [3.05, 3.63) is 130 Å². The van der Waals surface area contributed by atoms with Gasteiger partial charge in [0, 0.05) is 22.7 Å². The van der Waals surface area contributed by atoms with Gasteiger partial charge in [-0.15, -0.1) is 0 Å². The van der Waals surface area contributed by atoms with Crippen LogP contribution in [0.25, 0.3) is 0 Å². The molecule has 0 saturated heterocycles. The minimum atomic E-state index is -0.341. The monoisotopic (exact) mass is 536 g/mol. The van der Waals surface area contributed by atoms with Crippen LogP contribution in [0.2, 0.25) is 5.02 Å². The standard InChI is InChI=1S/C33H29ClN2O3/c1-38-31-19-23(13-16-30(31)39-20-21-7-3-2-4-8-21)33-32-28(35-26-9-5-6-10-27(26)36-33)17-24(18-29(32)37)22-11-14-25(34)15-12-22/h2-16,19,24,33,35-36H,17-18,20H2,1H3. The Hall–Kier alpha value is -4.22. The summed E-state index contributed by atoms with van der Waals surface area (Å²) in [5, 5.41) is 7.93. The lowest BCUT2D eigenvalue weighted by Crippen LogP contribution is -2.26. The normalized spacial score (nSPS) is 18.3. The molecule has 4 aromatic rings. The molecule has 6 heteroatoms. The first kappa shape index (κ1) is 25.1. The van der Waals surface area contributed by atoms with E-state index in [9.17, 15) is 4.79 Å². The van der Waals surface area contributed by atoms with E-state index in [0.29, 0.717) is 29.5 Å². The number of Topliss-reactive ketones (excluding diaryl/α,β-unsaturated/α-hetero) is 1. The molecule has 2 aliphatic rings. The molecule has 39 heavy (non-hydrogen) atoms. The summed E-state index contributed by atoms with van der Waals surface area (Å²) in [4.78, 5) is 13.8. The zero-order valence-corrected chi connectivity index (χ0v) is 22.4. The lowest BCUT2D eigenvalue weighted by atomic mass is 9.78. The Morgan fingerprint density at radius 2 is 1.54 bits per heavy atom. The summed E-state index contributed by atoms with van der Waals surface area (Å²) in [5.41, 5.74) is 6.72. The molecule has 0 aromatic heterocycles. The fraction of sp³-hybridized carbons (Fsp3) is 0.182. The van der Waals surface area contributed by atoms with Gasteiger partial charge in [0.15, 0.2) is 17.3 Å². The lowest BCUT2D eigenvalue weighted by Gasteiger charge is -2.30. The molecule has 196 valence electrons. The number of carbonyl (C=O) groups excluding carboxylic acids is 1. The van der Waals surface area contributed by atoms with Gasteiger partial charge < -0.3 is 20.1 Å². The molecule has 0 radical (unpaired) electrons. The van der Waals surface area contributed by atoms with E-state index in [0.717, 1.165) is 45.8 Å². The molecule has 1 aliphatic carbocycles. The van der Waals surface area contributed by atoms with E-state index in [4.69, 9.17) is 21.1 Å². The van der Waals surface area contributed by atoms with Crippen LogP contribution in [0, 0.1) is 0 Å². The van der Waals surface area contributed by atoms with Crippen molar-refractivity contribution in [1.82, 2.24) is 0 Å². The Kier molecular flexibility index (Phi) is 6.99. The number of allylic oxidation sites excluding steroid dienone is 1. The largest absolute Gasteiger partial charge is 0.493 e. The Morgan fingerprint density at radius 3 is 2.31 bits per heavy atom. The fourth-order valence-electron chi connectivity index (χ4n) is 5.43. The number of hydrogen-bond donors (Lipinski definition) is 2. The summed E-state index contributed by atoms with van der Waals surface area (Å²) in [6, 6.07) is 31.5. The van der Waals surface area contributed by atoms with Crippen LogP contribution in [0.4, 0.5) is 11.4 Å². The van der Waals surface area contributed by atoms with E-state index >= 15 is 0 Å². The molecule has 4 aromatic carbocycles. The third-order valence-corrected chi connectivity index (χ3v) is 7.66. The summed E-state index contributed by atoms with van der Waals surface area (Å²) >= 11 is 6.13. The molecule has 0 amide bonds. The van der Waals surface area contributed by atoms with E-state index in [1.165, 1.54) is 0 Å². The topological polar surface area (TPSA) is 59.6 Å². The first-order chi connectivity index (χ1) is 19.1. The number of rotatable bonds is 6. The summed E-state index contributed by atoms with van der Waals surface area (Å²) in [6.07, 6.45) is 1.16. The second-order valence-electron chi connectivity index (χ2n) is 9.90. The highest BCUT2D eigenvalue weighted by Crippen LogP contribution is 2.45. The number of nitrogens with one attached hydrogen (secondary N) is 2. The third kappa shape index (κ3) is 5.23. The highest BCUT2D eigenvalue weighted by molar-refractivity contribution is 6.30. The Labute approximate surface area is 233 Å². The summed E-state index contributed by atoms with van der Waals surface area (Å²) in [6.45, 7) is 0.440. The van der Waals surface area contributed by atoms with Gasteiger partial charge in [-0.1, -0.05) is 72.3 Å². The number of fused-ring (bicyclic) bond motifs is 1. The number of ketones is 1. The number of benzene rings is 4. The first-order valence-electron chi connectivity index (χ1n) is 13.1. The Bertz CT molecular complexity index is 1530. The Balaban J connectivity index is 1.36. The molecule has 0 bridgehead atoms. The van der Waals surface area contributed by atoms with Crippen LogP contribution >= 0.6 is 11.6 Å². The molecule has 2 atom stereocenters. The number of carbonyl (C=O) groups is 1. The molecule has 1 heterocycles.